The summed E-state index contributed by atoms with van der Waals surface area (Å²) < 4.78 is 1.66. The maximum Gasteiger partial charge on any atom is 0.121 e. The van der Waals surface area contributed by atoms with E-state index in [-0.39, 0.29) is 0 Å². The lowest BCUT2D eigenvalue weighted by molar-refractivity contribution is 0.782. The van der Waals surface area contributed by atoms with Crippen molar-refractivity contribution in [3.05, 3.63) is 42.6 Å². The molecule has 17 heavy (non-hydrogen) atoms. The van der Waals surface area contributed by atoms with Gasteiger partial charge in [-0.3, -0.25) is 9.67 Å². The van der Waals surface area contributed by atoms with Crippen LogP contribution in [0.3, 0.4) is 0 Å². The molecule has 0 bridgehead atoms. The lowest BCUT2D eigenvalue weighted by Crippen LogP contribution is -1.96. The van der Waals surface area contributed by atoms with Crippen LogP contribution in [0.4, 0.5) is 5.82 Å². The zero-order valence-electron chi connectivity index (χ0n) is 9.46. The highest BCUT2D eigenvalue weighted by atomic mass is 15.3. The first-order valence-electron chi connectivity index (χ1n) is 5.39. The van der Waals surface area contributed by atoms with E-state index in [1.54, 1.807) is 10.9 Å². The van der Waals surface area contributed by atoms with Gasteiger partial charge in [0.05, 0.1) is 11.2 Å². The predicted molar refractivity (Wildman–Crippen MR) is 68.4 cm³/mol. The Morgan fingerprint density at radius 2 is 2.06 bits per heavy atom. The van der Waals surface area contributed by atoms with Crippen LogP contribution < -0.4 is 5.73 Å². The van der Waals surface area contributed by atoms with E-state index >= 15 is 0 Å². The summed E-state index contributed by atoms with van der Waals surface area (Å²) in [6, 6.07) is 11.9. The second kappa shape index (κ2) is 3.59. The zero-order chi connectivity index (χ0) is 11.8. The first-order chi connectivity index (χ1) is 8.24. The van der Waals surface area contributed by atoms with E-state index in [2.05, 4.69) is 10.1 Å². The number of hydrogen-bond acceptors (Lipinski definition) is 3. The Morgan fingerprint density at radius 3 is 2.82 bits per heavy atom. The number of nitrogen functional groups attached to an aromatic ring is 1. The van der Waals surface area contributed by atoms with Crippen LogP contribution >= 0.6 is 0 Å². The highest BCUT2D eigenvalue weighted by Gasteiger charge is 2.05. The number of pyridine rings is 1. The number of nitrogens with zero attached hydrogens (tertiary/aromatic N) is 3. The molecule has 0 radical (unpaired) electrons. The van der Waals surface area contributed by atoms with Crippen molar-refractivity contribution in [2.45, 2.75) is 0 Å². The second-order valence-corrected chi connectivity index (χ2v) is 3.99. The molecular weight excluding hydrogens is 212 g/mol. The molecule has 0 aliphatic carbocycles. The summed E-state index contributed by atoms with van der Waals surface area (Å²) in [5.41, 5.74) is 8.65. The molecule has 2 heterocycles. The van der Waals surface area contributed by atoms with Crippen molar-refractivity contribution in [1.29, 1.82) is 0 Å². The largest absolute Gasteiger partial charge is 0.384 e. The summed E-state index contributed by atoms with van der Waals surface area (Å²) in [6.07, 6.45) is 1.79. The number of fused-ring (bicyclic) bond motifs is 1. The summed E-state index contributed by atoms with van der Waals surface area (Å²) in [4.78, 5) is 4.33. The van der Waals surface area contributed by atoms with Crippen molar-refractivity contribution in [3.63, 3.8) is 0 Å². The molecule has 3 aromatic rings. The van der Waals surface area contributed by atoms with Gasteiger partial charge in [-0.25, -0.2) is 0 Å². The van der Waals surface area contributed by atoms with Gasteiger partial charge in [0.15, 0.2) is 0 Å². The summed E-state index contributed by atoms with van der Waals surface area (Å²) >= 11 is 0. The van der Waals surface area contributed by atoms with E-state index < -0.39 is 0 Å². The molecule has 0 atom stereocenters. The molecule has 2 N–H and O–H groups in total. The van der Waals surface area contributed by atoms with E-state index in [9.17, 15) is 0 Å². The summed E-state index contributed by atoms with van der Waals surface area (Å²) in [7, 11) is 1.83. The van der Waals surface area contributed by atoms with Crippen molar-refractivity contribution in [2.24, 2.45) is 7.05 Å². The highest BCUT2D eigenvalue weighted by molar-refractivity contribution is 5.83. The van der Waals surface area contributed by atoms with Gasteiger partial charge in [0.25, 0.3) is 0 Å². The topological polar surface area (TPSA) is 56.7 Å². The Balaban J connectivity index is 2.17. The monoisotopic (exact) mass is 224 g/mol. The van der Waals surface area contributed by atoms with Gasteiger partial charge in [-0.1, -0.05) is 18.2 Å². The third-order valence-corrected chi connectivity index (χ3v) is 2.82. The molecule has 0 unspecified atom stereocenters. The number of anilines is 1. The Kier molecular flexibility index (Phi) is 2.08. The van der Waals surface area contributed by atoms with Crippen LogP contribution in [0, 0.1) is 0 Å². The van der Waals surface area contributed by atoms with Gasteiger partial charge in [0.2, 0.25) is 0 Å². The molecule has 0 spiro atoms. The molecule has 0 amide bonds. The van der Waals surface area contributed by atoms with Crippen LogP contribution in [-0.4, -0.2) is 14.8 Å². The Hall–Kier alpha value is -2.36. The molecule has 0 saturated heterocycles. The van der Waals surface area contributed by atoms with E-state index in [1.807, 2.05) is 43.4 Å². The van der Waals surface area contributed by atoms with Gasteiger partial charge in [-0.2, -0.15) is 5.10 Å². The molecule has 1 aromatic carbocycles. The lowest BCUT2D eigenvalue weighted by atomic mass is 10.1. The summed E-state index contributed by atoms with van der Waals surface area (Å²) in [5, 5.41) is 5.48. The second-order valence-electron chi connectivity index (χ2n) is 3.99. The minimum atomic E-state index is 0.654. The summed E-state index contributed by atoms with van der Waals surface area (Å²) in [6.45, 7) is 0. The normalized spacial score (nSPS) is 10.9. The molecular formula is C13H12N4. The van der Waals surface area contributed by atoms with Crippen LogP contribution in [0.25, 0.3) is 22.2 Å². The Morgan fingerprint density at radius 1 is 1.18 bits per heavy atom. The molecule has 2 aromatic heterocycles. The maximum absolute atomic E-state index is 5.78. The van der Waals surface area contributed by atoms with Crippen molar-refractivity contribution in [1.82, 2.24) is 14.8 Å². The average Bonchev–Trinajstić information content (AvgIpc) is 2.69. The van der Waals surface area contributed by atoms with Crippen molar-refractivity contribution in [2.75, 3.05) is 5.73 Å². The van der Waals surface area contributed by atoms with Gasteiger partial charge < -0.3 is 5.73 Å². The minimum Gasteiger partial charge on any atom is -0.384 e. The molecule has 0 saturated carbocycles. The van der Waals surface area contributed by atoms with E-state index in [0.29, 0.717) is 5.82 Å². The smallest absolute Gasteiger partial charge is 0.121 e. The number of rotatable bonds is 1. The quantitative estimate of drug-likeness (QED) is 0.689. The summed E-state index contributed by atoms with van der Waals surface area (Å²) in [5.74, 6) is 0.654. The minimum absolute atomic E-state index is 0.654. The third kappa shape index (κ3) is 1.63. The average molecular weight is 224 g/mol. The SMILES string of the molecule is Cn1nc(-c2ccc3cccnc3c2)cc1N. The zero-order valence-corrected chi connectivity index (χ0v) is 9.46. The lowest BCUT2D eigenvalue weighted by Gasteiger charge is -1.99. The van der Waals surface area contributed by atoms with Crippen LogP contribution in [0.2, 0.25) is 0 Å². The van der Waals surface area contributed by atoms with E-state index in [0.717, 1.165) is 22.2 Å². The number of aromatic nitrogens is 3. The molecule has 0 fully saturated rings. The van der Waals surface area contributed by atoms with Gasteiger partial charge in [0, 0.05) is 30.3 Å². The van der Waals surface area contributed by atoms with Crippen molar-refractivity contribution < 1.29 is 0 Å². The van der Waals surface area contributed by atoms with Gasteiger partial charge in [-0.15, -0.1) is 0 Å². The van der Waals surface area contributed by atoms with Crippen LogP contribution in [0.15, 0.2) is 42.6 Å². The predicted octanol–water partition coefficient (Wildman–Crippen LogP) is 2.22. The number of hydrogen-bond donors (Lipinski definition) is 1. The van der Waals surface area contributed by atoms with Crippen molar-refractivity contribution in [3.8, 4) is 11.3 Å². The fourth-order valence-corrected chi connectivity index (χ4v) is 1.85. The van der Waals surface area contributed by atoms with Gasteiger partial charge >= 0.3 is 0 Å². The van der Waals surface area contributed by atoms with E-state index in [1.165, 1.54) is 0 Å². The van der Waals surface area contributed by atoms with Crippen molar-refractivity contribution >= 4 is 16.7 Å². The molecule has 4 heteroatoms. The molecule has 3 rings (SSSR count). The number of benzene rings is 1. The van der Waals surface area contributed by atoms with Crippen LogP contribution in [-0.2, 0) is 7.05 Å². The fraction of sp³-hybridized carbons (Fsp3) is 0.0769. The molecule has 0 aliphatic rings. The van der Waals surface area contributed by atoms with Gasteiger partial charge in [0.1, 0.15) is 5.82 Å². The number of aryl methyl sites for hydroxylation is 1. The standard InChI is InChI=1S/C13H12N4/c1-17-13(14)8-12(16-17)10-5-4-9-3-2-6-15-11(9)7-10/h2-8H,14H2,1H3. The van der Waals surface area contributed by atoms with Crippen LogP contribution in [0.5, 0.6) is 0 Å². The molecule has 0 aliphatic heterocycles. The number of nitrogens with two attached hydrogens (primary N) is 1. The Bertz CT molecular complexity index is 665. The van der Waals surface area contributed by atoms with E-state index in [4.69, 9.17) is 5.73 Å². The first-order valence-corrected chi connectivity index (χ1v) is 5.39. The highest BCUT2D eigenvalue weighted by Crippen LogP contribution is 2.23. The molecule has 4 nitrogen and oxygen atoms in total. The third-order valence-electron chi connectivity index (χ3n) is 2.82. The first kappa shape index (κ1) is 9.84. The molecule has 84 valence electrons. The van der Waals surface area contributed by atoms with Crippen LogP contribution in [0.1, 0.15) is 0 Å². The Labute approximate surface area is 98.7 Å². The van der Waals surface area contributed by atoms with Gasteiger partial charge in [-0.05, 0) is 12.1 Å². The maximum atomic E-state index is 5.78. The fourth-order valence-electron chi connectivity index (χ4n) is 1.85.